The summed E-state index contributed by atoms with van der Waals surface area (Å²) < 4.78 is 0. The second kappa shape index (κ2) is 4.30. The fourth-order valence-electron chi connectivity index (χ4n) is 3.18. The van der Waals surface area contributed by atoms with Crippen LogP contribution in [0.25, 0.3) is 0 Å². The van der Waals surface area contributed by atoms with Gasteiger partial charge in [-0.05, 0) is 32.2 Å². The third-order valence-corrected chi connectivity index (χ3v) is 4.27. The SMILES string of the molecule is N#CC1CC(=O)N(C2CCCN(C3CC3)C2)C1. The molecule has 3 aliphatic rings. The van der Waals surface area contributed by atoms with Crippen molar-refractivity contribution in [3.8, 4) is 6.07 Å². The van der Waals surface area contributed by atoms with E-state index in [2.05, 4.69) is 11.0 Å². The third-order valence-electron chi connectivity index (χ3n) is 4.27. The summed E-state index contributed by atoms with van der Waals surface area (Å²) in [7, 11) is 0. The second-order valence-electron chi connectivity index (χ2n) is 5.60. The maximum atomic E-state index is 11.9. The van der Waals surface area contributed by atoms with Crippen molar-refractivity contribution in [2.75, 3.05) is 19.6 Å². The normalized spacial score (nSPS) is 35.0. The van der Waals surface area contributed by atoms with Crippen molar-refractivity contribution in [1.82, 2.24) is 9.80 Å². The molecule has 4 heteroatoms. The lowest BCUT2D eigenvalue weighted by Gasteiger charge is -2.37. The van der Waals surface area contributed by atoms with E-state index in [-0.39, 0.29) is 11.8 Å². The Hall–Kier alpha value is -1.08. The molecule has 3 rings (SSSR count). The van der Waals surface area contributed by atoms with Crippen LogP contribution in [0.3, 0.4) is 0 Å². The lowest BCUT2D eigenvalue weighted by molar-refractivity contribution is -0.130. The van der Waals surface area contributed by atoms with Crippen molar-refractivity contribution in [2.24, 2.45) is 5.92 Å². The molecule has 2 atom stereocenters. The number of hydrogen-bond donors (Lipinski definition) is 0. The standard InChI is InChI=1S/C13H19N3O/c14-7-10-6-13(17)16(8-10)12-2-1-5-15(9-12)11-3-4-11/h10-12H,1-6,8-9H2. The van der Waals surface area contributed by atoms with E-state index in [4.69, 9.17) is 5.26 Å². The molecule has 0 spiro atoms. The van der Waals surface area contributed by atoms with Crippen molar-refractivity contribution in [3.63, 3.8) is 0 Å². The summed E-state index contributed by atoms with van der Waals surface area (Å²) in [5, 5.41) is 8.91. The van der Waals surface area contributed by atoms with Crippen LogP contribution >= 0.6 is 0 Å². The van der Waals surface area contributed by atoms with E-state index < -0.39 is 0 Å². The van der Waals surface area contributed by atoms with Gasteiger partial charge in [-0.15, -0.1) is 0 Å². The monoisotopic (exact) mass is 233 g/mol. The number of likely N-dealkylation sites (tertiary alicyclic amines) is 2. The number of rotatable bonds is 2. The summed E-state index contributed by atoms with van der Waals surface area (Å²) in [5.41, 5.74) is 0. The average molecular weight is 233 g/mol. The zero-order valence-corrected chi connectivity index (χ0v) is 10.1. The zero-order chi connectivity index (χ0) is 11.8. The molecule has 0 bridgehead atoms. The molecule has 1 aliphatic carbocycles. The van der Waals surface area contributed by atoms with Crippen LogP contribution in [0.15, 0.2) is 0 Å². The quantitative estimate of drug-likeness (QED) is 0.714. The Morgan fingerprint density at radius 3 is 2.65 bits per heavy atom. The number of carbonyl (C=O) groups excluding carboxylic acids is 1. The molecule has 0 N–H and O–H groups in total. The minimum atomic E-state index is -0.0706. The van der Waals surface area contributed by atoms with Gasteiger partial charge in [0.15, 0.2) is 0 Å². The van der Waals surface area contributed by atoms with Crippen molar-refractivity contribution in [1.29, 1.82) is 5.26 Å². The molecule has 0 aromatic carbocycles. The summed E-state index contributed by atoms with van der Waals surface area (Å²) in [5.74, 6) is 0.123. The van der Waals surface area contributed by atoms with Gasteiger partial charge in [0, 0.05) is 31.6 Å². The van der Waals surface area contributed by atoms with E-state index >= 15 is 0 Å². The van der Waals surface area contributed by atoms with Crippen LogP contribution in [0.5, 0.6) is 0 Å². The fraction of sp³-hybridized carbons (Fsp3) is 0.846. The Kier molecular flexibility index (Phi) is 2.79. The lowest BCUT2D eigenvalue weighted by Crippen LogP contribution is -2.49. The van der Waals surface area contributed by atoms with Crippen LogP contribution in [0.2, 0.25) is 0 Å². The highest BCUT2D eigenvalue weighted by atomic mass is 16.2. The van der Waals surface area contributed by atoms with Gasteiger partial charge < -0.3 is 4.90 Å². The molecule has 92 valence electrons. The first-order chi connectivity index (χ1) is 8.28. The Labute approximate surface area is 102 Å². The summed E-state index contributed by atoms with van der Waals surface area (Å²) in [6.45, 7) is 2.90. The van der Waals surface area contributed by atoms with Gasteiger partial charge in [0.05, 0.1) is 12.0 Å². The average Bonchev–Trinajstić information content (AvgIpc) is 3.13. The molecule has 4 nitrogen and oxygen atoms in total. The first kappa shape index (κ1) is 11.0. The highest BCUT2D eigenvalue weighted by Gasteiger charge is 2.39. The molecule has 0 aromatic rings. The first-order valence-corrected chi connectivity index (χ1v) is 6.71. The van der Waals surface area contributed by atoms with Gasteiger partial charge in [-0.25, -0.2) is 0 Å². The Morgan fingerprint density at radius 1 is 1.18 bits per heavy atom. The van der Waals surface area contributed by atoms with Gasteiger partial charge in [-0.2, -0.15) is 5.26 Å². The number of amides is 1. The van der Waals surface area contributed by atoms with Gasteiger partial charge in [-0.3, -0.25) is 9.69 Å². The topological polar surface area (TPSA) is 47.3 Å². The highest BCUT2D eigenvalue weighted by molar-refractivity contribution is 5.79. The number of carbonyl (C=O) groups is 1. The molecule has 1 amide bonds. The van der Waals surface area contributed by atoms with Crippen LogP contribution < -0.4 is 0 Å². The molecule has 2 saturated heterocycles. The predicted octanol–water partition coefficient (Wildman–Crippen LogP) is 0.985. The van der Waals surface area contributed by atoms with Crippen molar-refractivity contribution in [2.45, 2.75) is 44.2 Å². The van der Waals surface area contributed by atoms with Crippen molar-refractivity contribution >= 4 is 5.91 Å². The van der Waals surface area contributed by atoms with E-state index in [0.717, 1.165) is 19.0 Å². The lowest BCUT2D eigenvalue weighted by atomic mass is 10.0. The van der Waals surface area contributed by atoms with Crippen LogP contribution in [0, 0.1) is 17.2 Å². The van der Waals surface area contributed by atoms with Gasteiger partial charge in [0.1, 0.15) is 0 Å². The van der Waals surface area contributed by atoms with E-state index in [1.54, 1.807) is 0 Å². The maximum Gasteiger partial charge on any atom is 0.224 e. The predicted molar refractivity (Wildman–Crippen MR) is 63.1 cm³/mol. The summed E-state index contributed by atoms with van der Waals surface area (Å²) in [4.78, 5) is 16.4. The Morgan fingerprint density at radius 2 is 2.00 bits per heavy atom. The smallest absolute Gasteiger partial charge is 0.224 e. The molecular formula is C13H19N3O. The summed E-state index contributed by atoms with van der Waals surface area (Å²) >= 11 is 0. The number of hydrogen-bond acceptors (Lipinski definition) is 3. The van der Waals surface area contributed by atoms with E-state index in [9.17, 15) is 4.79 Å². The summed E-state index contributed by atoms with van der Waals surface area (Å²) in [6.07, 6.45) is 5.43. The largest absolute Gasteiger partial charge is 0.337 e. The van der Waals surface area contributed by atoms with Crippen LogP contribution in [-0.2, 0) is 4.79 Å². The molecule has 0 radical (unpaired) electrons. The van der Waals surface area contributed by atoms with Crippen LogP contribution in [-0.4, -0.2) is 47.4 Å². The summed E-state index contributed by atoms with van der Waals surface area (Å²) in [6, 6.07) is 3.40. The van der Waals surface area contributed by atoms with E-state index in [0.29, 0.717) is 19.0 Å². The van der Waals surface area contributed by atoms with Crippen LogP contribution in [0.4, 0.5) is 0 Å². The first-order valence-electron chi connectivity index (χ1n) is 6.71. The van der Waals surface area contributed by atoms with Crippen molar-refractivity contribution < 1.29 is 4.79 Å². The molecule has 0 aromatic heterocycles. The molecule has 2 unspecified atom stereocenters. The zero-order valence-electron chi connectivity index (χ0n) is 10.1. The minimum absolute atomic E-state index is 0.0706. The Balaban J connectivity index is 1.63. The van der Waals surface area contributed by atoms with Crippen LogP contribution in [0.1, 0.15) is 32.1 Å². The molecule has 2 aliphatic heterocycles. The van der Waals surface area contributed by atoms with E-state index in [1.165, 1.54) is 25.8 Å². The van der Waals surface area contributed by atoms with Gasteiger partial charge in [-0.1, -0.05) is 0 Å². The number of nitriles is 1. The van der Waals surface area contributed by atoms with Gasteiger partial charge >= 0.3 is 0 Å². The third kappa shape index (κ3) is 2.16. The molecule has 2 heterocycles. The molecular weight excluding hydrogens is 214 g/mol. The fourth-order valence-corrected chi connectivity index (χ4v) is 3.18. The number of nitrogens with zero attached hydrogens (tertiary/aromatic N) is 3. The van der Waals surface area contributed by atoms with Gasteiger partial charge in [0.2, 0.25) is 5.91 Å². The van der Waals surface area contributed by atoms with Gasteiger partial charge in [0.25, 0.3) is 0 Å². The molecule has 1 saturated carbocycles. The highest BCUT2D eigenvalue weighted by Crippen LogP contribution is 2.32. The number of piperidine rings is 1. The second-order valence-corrected chi connectivity index (χ2v) is 5.60. The van der Waals surface area contributed by atoms with E-state index in [1.807, 2.05) is 4.90 Å². The van der Waals surface area contributed by atoms with Crippen molar-refractivity contribution in [3.05, 3.63) is 0 Å². The maximum absolute atomic E-state index is 11.9. The molecule has 3 fully saturated rings. The Bertz CT molecular complexity index is 358. The molecule has 17 heavy (non-hydrogen) atoms. The minimum Gasteiger partial charge on any atom is -0.337 e.